The zero-order chi connectivity index (χ0) is 13.4. The van der Waals surface area contributed by atoms with Gasteiger partial charge in [-0.1, -0.05) is 0 Å². The quantitative estimate of drug-likeness (QED) is 0.650. The number of aromatic nitrogens is 1. The normalized spacial score (nSPS) is 9.28. The molecule has 0 aliphatic rings. The van der Waals surface area contributed by atoms with E-state index in [1.165, 1.54) is 12.3 Å². The number of amides is 2. The van der Waals surface area contributed by atoms with Crippen molar-refractivity contribution in [2.75, 3.05) is 13.1 Å². The van der Waals surface area contributed by atoms with Gasteiger partial charge in [-0.25, -0.2) is 9.78 Å². The first kappa shape index (κ1) is 13.4. The van der Waals surface area contributed by atoms with Gasteiger partial charge in [-0.05, 0) is 18.6 Å². The van der Waals surface area contributed by atoms with Gasteiger partial charge >= 0.3 is 6.09 Å². The standard InChI is InChI=1S/C11H12N4O3/c12-7-9-8(3-1-4-13-9)10(16)14-5-2-6-15-11(17)18/h1,3-4,15H,2,5-6H2,(H,14,16)(H,17,18). The van der Waals surface area contributed by atoms with Gasteiger partial charge in [-0.3, -0.25) is 4.79 Å². The number of rotatable bonds is 5. The summed E-state index contributed by atoms with van der Waals surface area (Å²) in [4.78, 5) is 25.6. The van der Waals surface area contributed by atoms with Crippen LogP contribution < -0.4 is 10.6 Å². The minimum atomic E-state index is -1.10. The molecule has 1 aromatic heterocycles. The molecule has 0 saturated heterocycles. The van der Waals surface area contributed by atoms with E-state index in [1.54, 1.807) is 6.07 Å². The van der Waals surface area contributed by atoms with Gasteiger partial charge in [0.25, 0.3) is 5.91 Å². The molecule has 0 fully saturated rings. The van der Waals surface area contributed by atoms with Crippen molar-refractivity contribution in [1.29, 1.82) is 5.26 Å². The predicted molar refractivity (Wildman–Crippen MR) is 61.9 cm³/mol. The maximum atomic E-state index is 11.7. The highest BCUT2D eigenvalue weighted by molar-refractivity contribution is 5.95. The molecule has 0 radical (unpaired) electrons. The number of nitriles is 1. The second-order valence-electron chi connectivity index (χ2n) is 3.35. The minimum Gasteiger partial charge on any atom is -0.465 e. The Morgan fingerprint density at radius 3 is 2.78 bits per heavy atom. The summed E-state index contributed by atoms with van der Waals surface area (Å²) in [5.41, 5.74) is 0.282. The Morgan fingerprint density at radius 2 is 2.11 bits per heavy atom. The Kier molecular flexibility index (Phi) is 5.12. The number of hydrogen-bond donors (Lipinski definition) is 3. The van der Waals surface area contributed by atoms with E-state index < -0.39 is 12.0 Å². The highest BCUT2D eigenvalue weighted by Crippen LogP contribution is 2.03. The largest absolute Gasteiger partial charge is 0.465 e. The molecular weight excluding hydrogens is 236 g/mol. The molecule has 1 aromatic rings. The summed E-state index contributed by atoms with van der Waals surface area (Å²) in [6.07, 6.45) is 0.812. The average molecular weight is 248 g/mol. The van der Waals surface area contributed by atoms with Crippen molar-refractivity contribution in [2.45, 2.75) is 6.42 Å². The van der Waals surface area contributed by atoms with Gasteiger partial charge in [0.1, 0.15) is 6.07 Å². The van der Waals surface area contributed by atoms with Crippen molar-refractivity contribution in [3.63, 3.8) is 0 Å². The molecular formula is C11H12N4O3. The van der Waals surface area contributed by atoms with E-state index in [9.17, 15) is 9.59 Å². The van der Waals surface area contributed by atoms with Crippen molar-refractivity contribution in [3.8, 4) is 6.07 Å². The first-order valence-electron chi connectivity index (χ1n) is 5.25. The number of nitrogens with zero attached hydrogens (tertiary/aromatic N) is 2. The topological polar surface area (TPSA) is 115 Å². The molecule has 7 nitrogen and oxygen atoms in total. The minimum absolute atomic E-state index is 0.0682. The van der Waals surface area contributed by atoms with Gasteiger partial charge in [0, 0.05) is 19.3 Å². The lowest BCUT2D eigenvalue weighted by atomic mass is 10.2. The molecule has 0 unspecified atom stereocenters. The van der Waals surface area contributed by atoms with Crippen molar-refractivity contribution in [2.24, 2.45) is 0 Å². The van der Waals surface area contributed by atoms with E-state index in [0.29, 0.717) is 13.0 Å². The van der Waals surface area contributed by atoms with Crippen molar-refractivity contribution >= 4 is 12.0 Å². The molecule has 94 valence electrons. The van der Waals surface area contributed by atoms with Crippen molar-refractivity contribution < 1.29 is 14.7 Å². The number of carboxylic acid groups (broad SMARTS) is 1. The number of nitrogens with one attached hydrogen (secondary N) is 2. The lowest BCUT2D eigenvalue weighted by Gasteiger charge is -2.05. The fourth-order valence-electron chi connectivity index (χ4n) is 1.26. The Morgan fingerprint density at radius 1 is 1.39 bits per heavy atom. The van der Waals surface area contributed by atoms with Crippen LogP contribution in [0.3, 0.4) is 0 Å². The molecule has 0 aromatic carbocycles. The van der Waals surface area contributed by atoms with Gasteiger partial charge in [0.05, 0.1) is 5.56 Å². The lowest BCUT2D eigenvalue weighted by molar-refractivity contribution is 0.0952. The summed E-state index contributed by atoms with van der Waals surface area (Å²) < 4.78 is 0. The smallest absolute Gasteiger partial charge is 0.404 e. The van der Waals surface area contributed by atoms with E-state index in [0.717, 1.165) is 0 Å². The second-order valence-corrected chi connectivity index (χ2v) is 3.35. The fraction of sp³-hybridized carbons (Fsp3) is 0.273. The molecule has 1 heterocycles. The Hall–Kier alpha value is -2.62. The highest BCUT2D eigenvalue weighted by Gasteiger charge is 2.10. The first-order chi connectivity index (χ1) is 8.65. The van der Waals surface area contributed by atoms with Crippen LogP contribution in [0.2, 0.25) is 0 Å². The maximum absolute atomic E-state index is 11.7. The molecule has 0 spiro atoms. The third-order valence-corrected chi connectivity index (χ3v) is 2.07. The van der Waals surface area contributed by atoms with Crippen LogP contribution in [0.25, 0.3) is 0 Å². The van der Waals surface area contributed by atoms with E-state index >= 15 is 0 Å². The van der Waals surface area contributed by atoms with Gasteiger partial charge in [-0.15, -0.1) is 0 Å². The maximum Gasteiger partial charge on any atom is 0.404 e. The molecule has 2 amide bonds. The molecule has 0 saturated carbocycles. The molecule has 0 aliphatic heterocycles. The van der Waals surface area contributed by atoms with Crippen molar-refractivity contribution in [3.05, 3.63) is 29.6 Å². The molecule has 0 bridgehead atoms. The van der Waals surface area contributed by atoms with Crippen LogP contribution in [-0.2, 0) is 0 Å². The van der Waals surface area contributed by atoms with E-state index in [2.05, 4.69) is 15.6 Å². The Balaban J connectivity index is 2.42. The summed E-state index contributed by atoms with van der Waals surface area (Å²) in [7, 11) is 0. The molecule has 1 rings (SSSR count). The van der Waals surface area contributed by atoms with Crippen LogP contribution in [0.15, 0.2) is 18.3 Å². The molecule has 0 atom stereocenters. The summed E-state index contributed by atoms with van der Waals surface area (Å²) in [6, 6.07) is 4.91. The van der Waals surface area contributed by atoms with Crippen molar-refractivity contribution in [1.82, 2.24) is 15.6 Å². The number of pyridine rings is 1. The van der Waals surface area contributed by atoms with Crippen LogP contribution in [0.5, 0.6) is 0 Å². The molecule has 18 heavy (non-hydrogen) atoms. The fourth-order valence-corrected chi connectivity index (χ4v) is 1.26. The van der Waals surface area contributed by atoms with Gasteiger partial charge < -0.3 is 15.7 Å². The highest BCUT2D eigenvalue weighted by atomic mass is 16.4. The van der Waals surface area contributed by atoms with E-state index in [4.69, 9.17) is 10.4 Å². The second kappa shape index (κ2) is 6.85. The Bertz CT molecular complexity index is 481. The summed E-state index contributed by atoms with van der Waals surface area (Å²) in [5.74, 6) is -0.394. The predicted octanol–water partition coefficient (Wildman–Crippen LogP) is 0.341. The first-order valence-corrected chi connectivity index (χ1v) is 5.25. The number of carbonyl (C=O) groups excluding carboxylic acids is 1. The van der Waals surface area contributed by atoms with Gasteiger partial charge in [-0.2, -0.15) is 5.26 Å². The van der Waals surface area contributed by atoms with Crippen LogP contribution in [-0.4, -0.2) is 35.2 Å². The summed E-state index contributed by atoms with van der Waals surface area (Å²) >= 11 is 0. The lowest BCUT2D eigenvalue weighted by Crippen LogP contribution is -2.29. The van der Waals surface area contributed by atoms with Crippen LogP contribution in [0.4, 0.5) is 4.79 Å². The van der Waals surface area contributed by atoms with Gasteiger partial charge in [0.2, 0.25) is 0 Å². The third-order valence-electron chi connectivity index (χ3n) is 2.07. The SMILES string of the molecule is N#Cc1ncccc1C(=O)NCCCNC(=O)O. The van der Waals surface area contributed by atoms with Crippen LogP contribution in [0, 0.1) is 11.3 Å². The third kappa shape index (κ3) is 4.09. The summed E-state index contributed by atoms with van der Waals surface area (Å²) in [5, 5.41) is 21.9. The zero-order valence-electron chi connectivity index (χ0n) is 9.51. The number of hydrogen-bond acceptors (Lipinski definition) is 4. The monoisotopic (exact) mass is 248 g/mol. The zero-order valence-corrected chi connectivity index (χ0v) is 9.51. The van der Waals surface area contributed by atoms with E-state index in [1.807, 2.05) is 6.07 Å². The van der Waals surface area contributed by atoms with Gasteiger partial charge in [0.15, 0.2) is 5.69 Å². The van der Waals surface area contributed by atoms with Crippen LogP contribution in [0.1, 0.15) is 22.5 Å². The Labute approximate surface area is 103 Å². The van der Waals surface area contributed by atoms with E-state index in [-0.39, 0.29) is 17.8 Å². The number of carbonyl (C=O) groups is 2. The molecule has 7 heteroatoms. The van der Waals surface area contributed by atoms with Crippen LogP contribution >= 0.6 is 0 Å². The average Bonchev–Trinajstić information content (AvgIpc) is 2.37. The summed E-state index contributed by atoms with van der Waals surface area (Å²) in [6.45, 7) is 0.576. The molecule has 0 aliphatic carbocycles. The molecule has 3 N–H and O–H groups in total.